The van der Waals surface area contributed by atoms with Crippen molar-refractivity contribution in [3.8, 4) is 0 Å². The summed E-state index contributed by atoms with van der Waals surface area (Å²) in [5.41, 5.74) is 0.306. The Labute approximate surface area is 77.7 Å². The van der Waals surface area contributed by atoms with Gasteiger partial charge in [0.05, 0.1) is 0 Å². The van der Waals surface area contributed by atoms with E-state index in [1.54, 1.807) is 0 Å². The minimum Gasteiger partial charge on any atom is -0.480 e. The highest BCUT2D eigenvalue weighted by atomic mass is 16.4. The van der Waals surface area contributed by atoms with Gasteiger partial charge in [0.15, 0.2) is 0 Å². The number of nitrogens with zero attached hydrogens (tertiary/aromatic N) is 1. The van der Waals surface area contributed by atoms with Crippen LogP contribution in [0.4, 0.5) is 0 Å². The molecule has 72 valence electrons. The summed E-state index contributed by atoms with van der Waals surface area (Å²) in [7, 11) is 2.00. The summed E-state index contributed by atoms with van der Waals surface area (Å²) in [6.45, 7) is 0. The minimum atomic E-state index is -0.610. The third kappa shape index (κ3) is 0.909. The van der Waals surface area contributed by atoms with Crippen molar-refractivity contribution in [2.45, 2.75) is 37.3 Å². The Morgan fingerprint density at radius 3 is 2.77 bits per heavy atom. The maximum absolute atomic E-state index is 11.1. The average Bonchev–Trinajstić information content (AvgIpc) is 2.90. The first kappa shape index (κ1) is 7.80. The summed E-state index contributed by atoms with van der Waals surface area (Å²) >= 11 is 0. The molecule has 0 bridgehead atoms. The van der Waals surface area contributed by atoms with Gasteiger partial charge in [-0.15, -0.1) is 0 Å². The van der Waals surface area contributed by atoms with Crippen LogP contribution in [0.3, 0.4) is 0 Å². The molecular formula is C10H15NO2. The number of carboxylic acids is 1. The van der Waals surface area contributed by atoms with Crippen molar-refractivity contribution >= 4 is 5.97 Å². The minimum absolute atomic E-state index is 0.179. The Balaban J connectivity index is 1.89. The molecule has 3 heteroatoms. The van der Waals surface area contributed by atoms with E-state index in [2.05, 4.69) is 4.90 Å². The van der Waals surface area contributed by atoms with Crippen LogP contribution >= 0.6 is 0 Å². The van der Waals surface area contributed by atoms with E-state index >= 15 is 0 Å². The van der Waals surface area contributed by atoms with Crippen LogP contribution < -0.4 is 0 Å². The lowest BCUT2D eigenvalue weighted by Gasteiger charge is -2.37. The van der Waals surface area contributed by atoms with Gasteiger partial charge in [-0.05, 0) is 44.6 Å². The molecule has 3 atom stereocenters. The Morgan fingerprint density at radius 1 is 1.54 bits per heavy atom. The molecule has 3 nitrogen and oxygen atoms in total. The quantitative estimate of drug-likeness (QED) is 0.654. The van der Waals surface area contributed by atoms with E-state index in [9.17, 15) is 4.79 Å². The highest BCUT2D eigenvalue weighted by molar-refractivity contribution is 5.75. The van der Waals surface area contributed by atoms with Crippen molar-refractivity contribution < 1.29 is 9.90 Å². The van der Waals surface area contributed by atoms with Crippen LogP contribution in [0.1, 0.15) is 25.7 Å². The van der Waals surface area contributed by atoms with Crippen molar-refractivity contribution in [3.63, 3.8) is 0 Å². The number of likely N-dealkylation sites (tertiary alicyclic amines) is 1. The molecule has 0 aromatic carbocycles. The smallest absolute Gasteiger partial charge is 0.321 e. The van der Waals surface area contributed by atoms with Crippen molar-refractivity contribution in [2.24, 2.45) is 11.8 Å². The van der Waals surface area contributed by atoms with Crippen LogP contribution in [0.5, 0.6) is 0 Å². The van der Waals surface area contributed by atoms with E-state index in [-0.39, 0.29) is 6.04 Å². The molecule has 1 saturated heterocycles. The van der Waals surface area contributed by atoms with Gasteiger partial charge in [0, 0.05) is 5.54 Å². The van der Waals surface area contributed by atoms with Gasteiger partial charge >= 0.3 is 5.97 Å². The Morgan fingerprint density at radius 2 is 2.23 bits per heavy atom. The van der Waals surface area contributed by atoms with E-state index in [0.29, 0.717) is 11.5 Å². The van der Waals surface area contributed by atoms with Gasteiger partial charge in [0.25, 0.3) is 0 Å². The van der Waals surface area contributed by atoms with Gasteiger partial charge in [-0.2, -0.15) is 0 Å². The third-order valence-electron chi connectivity index (χ3n) is 4.27. The van der Waals surface area contributed by atoms with Gasteiger partial charge in [0.2, 0.25) is 0 Å². The van der Waals surface area contributed by atoms with E-state index in [4.69, 9.17) is 5.11 Å². The zero-order valence-corrected chi connectivity index (χ0v) is 7.86. The van der Waals surface area contributed by atoms with Gasteiger partial charge in [-0.1, -0.05) is 0 Å². The lowest BCUT2D eigenvalue weighted by Crippen LogP contribution is -2.51. The highest BCUT2D eigenvalue weighted by Crippen LogP contribution is 2.61. The van der Waals surface area contributed by atoms with Gasteiger partial charge in [-0.25, -0.2) is 0 Å². The molecule has 0 aromatic rings. The second kappa shape index (κ2) is 2.08. The van der Waals surface area contributed by atoms with Crippen LogP contribution in [0.2, 0.25) is 0 Å². The summed E-state index contributed by atoms with van der Waals surface area (Å²) < 4.78 is 0. The van der Waals surface area contributed by atoms with Gasteiger partial charge in [0.1, 0.15) is 6.04 Å². The average molecular weight is 181 g/mol. The van der Waals surface area contributed by atoms with Crippen LogP contribution in [0.25, 0.3) is 0 Å². The number of hydrogen-bond acceptors (Lipinski definition) is 2. The first-order valence-corrected chi connectivity index (χ1v) is 5.10. The molecule has 1 N–H and O–H groups in total. The zero-order valence-electron chi connectivity index (χ0n) is 7.86. The normalized spacial score (nSPS) is 45.8. The van der Waals surface area contributed by atoms with Crippen LogP contribution in [0, 0.1) is 11.8 Å². The SMILES string of the molecule is CN1C(C(=O)O)C2CC2CC12CC2. The molecule has 1 spiro atoms. The van der Waals surface area contributed by atoms with Crippen molar-refractivity contribution in [1.29, 1.82) is 0 Å². The molecule has 13 heavy (non-hydrogen) atoms. The number of carboxylic acid groups (broad SMARTS) is 1. The largest absolute Gasteiger partial charge is 0.480 e. The number of likely N-dealkylation sites (N-methyl/N-ethyl adjacent to an activating group) is 1. The Hall–Kier alpha value is -0.570. The molecule has 1 heterocycles. The summed E-state index contributed by atoms with van der Waals surface area (Å²) in [6, 6.07) is -0.179. The van der Waals surface area contributed by atoms with Gasteiger partial charge in [-0.3, -0.25) is 9.69 Å². The number of hydrogen-bond donors (Lipinski definition) is 1. The highest BCUT2D eigenvalue weighted by Gasteiger charge is 2.63. The van der Waals surface area contributed by atoms with Crippen LogP contribution in [-0.4, -0.2) is 34.6 Å². The molecule has 3 aliphatic rings. The van der Waals surface area contributed by atoms with Crippen molar-refractivity contribution in [2.75, 3.05) is 7.05 Å². The molecule has 3 unspecified atom stereocenters. The Bertz CT molecular complexity index is 272. The predicted molar refractivity (Wildman–Crippen MR) is 47.4 cm³/mol. The summed E-state index contributed by atoms with van der Waals surface area (Å²) in [4.78, 5) is 13.2. The molecule has 0 aromatic heterocycles. The summed E-state index contributed by atoms with van der Waals surface area (Å²) in [5.74, 6) is 0.592. The topological polar surface area (TPSA) is 40.5 Å². The molecule has 0 radical (unpaired) electrons. The fraction of sp³-hybridized carbons (Fsp3) is 0.900. The monoisotopic (exact) mass is 181 g/mol. The fourth-order valence-corrected chi connectivity index (χ4v) is 3.16. The molecule has 0 amide bonds. The predicted octanol–water partition coefficient (Wildman–Crippen LogP) is 0.944. The Kier molecular flexibility index (Phi) is 1.25. The molecule has 2 aliphatic carbocycles. The number of piperidine rings is 1. The first-order chi connectivity index (χ1) is 6.14. The second-order valence-corrected chi connectivity index (χ2v) is 4.98. The lowest BCUT2D eigenvalue weighted by atomic mass is 9.94. The molecular weight excluding hydrogens is 166 g/mol. The number of carbonyl (C=O) groups is 1. The maximum atomic E-state index is 11.1. The van der Waals surface area contributed by atoms with E-state index < -0.39 is 5.97 Å². The van der Waals surface area contributed by atoms with Crippen molar-refractivity contribution in [1.82, 2.24) is 4.90 Å². The number of fused-ring (bicyclic) bond motifs is 1. The van der Waals surface area contributed by atoms with Gasteiger partial charge < -0.3 is 5.11 Å². The van der Waals surface area contributed by atoms with Crippen molar-refractivity contribution in [3.05, 3.63) is 0 Å². The van der Waals surface area contributed by atoms with Crippen LogP contribution in [-0.2, 0) is 4.79 Å². The fourth-order valence-electron chi connectivity index (χ4n) is 3.16. The molecule has 3 fully saturated rings. The summed E-state index contributed by atoms with van der Waals surface area (Å²) in [5, 5.41) is 9.12. The molecule has 3 rings (SSSR count). The first-order valence-electron chi connectivity index (χ1n) is 5.10. The lowest BCUT2D eigenvalue weighted by molar-refractivity contribution is -0.146. The molecule has 1 aliphatic heterocycles. The van der Waals surface area contributed by atoms with E-state index in [0.717, 1.165) is 12.3 Å². The maximum Gasteiger partial charge on any atom is 0.321 e. The number of rotatable bonds is 1. The molecule has 2 saturated carbocycles. The summed E-state index contributed by atoms with van der Waals surface area (Å²) in [6.07, 6.45) is 4.86. The van der Waals surface area contributed by atoms with E-state index in [1.807, 2.05) is 7.05 Å². The third-order valence-corrected chi connectivity index (χ3v) is 4.27. The second-order valence-electron chi connectivity index (χ2n) is 4.98. The standard InChI is InChI=1S/C10H15NO2/c1-11-8(9(12)13)7-4-6(7)5-10(11)2-3-10/h6-8H,2-5H2,1H3,(H,12,13). The zero-order chi connectivity index (χ0) is 9.22. The van der Waals surface area contributed by atoms with Crippen LogP contribution in [0.15, 0.2) is 0 Å². The number of aliphatic carboxylic acids is 1. The van der Waals surface area contributed by atoms with E-state index in [1.165, 1.54) is 19.3 Å².